The molecular formula is C62H70F2O13S5. The quantitative estimate of drug-likeness (QED) is 0.0274. The standard InChI is InChI=1S/2C26H29OS.C9H10F2O8S2.CH4O3S/c2*1-4-5-6-11-16-27-26-19(2)17-21(18-20(26)3)28-24-14-9-7-12-22(24)23-13-8-10-15-25(23)28;10-9(11,21(15,16)17)8(12)18-6-3-1-4-5(2-3)20(13,14)19-7(4)6;1-5(2,3)4/h2*7-10,12-15,17-18H,4-6,11,16H2,1-3H3;3-7H,1-2H2,(H,15,16,17);1H3,(H,2,3,4)/q2*+1;;/p-2. The van der Waals surface area contributed by atoms with Gasteiger partial charge in [0.25, 0.3) is 10.1 Å². The Morgan fingerprint density at radius 3 is 1.30 bits per heavy atom. The van der Waals surface area contributed by atoms with Crippen LogP contribution >= 0.6 is 20.9 Å². The van der Waals surface area contributed by atoms with E-state index in [0.29, 0.717) is 12.7 Å². The van der Waals surface area contributed by atoms with E-state index in [0.717, 1.165) is 37.6 Å². The maximum absolute atomic E-state index is 13.1. The van der Waals surface area contributed by atoms with Gasteiger partial charge in [0.05, 0.1) is 28.6 Å². The van der Waals surface area contributed by atoms with Gasteiger partial charge in [0, 0.05) is 84.8 Å². The largest absolute Gasteiger partial charge is 0.748 e. The van der Waals surface area contributed by atoms with Crippen molar-refractivity contribution in [3.05, 3.63) is 144 Å². The summed E-state index contributed by atoms with van der Waals surface area (Å²) in [7, 11) is -14.0. The average Bonchev–Trinajstić information content (AvgIpc) is 3.37. The molecule has 2 saturated carbocycles. The summed E-state index contributed by atoms with van der Waals surface area (Å²) in [5.74, 6) is -1.32. The second kappa shape index (κ2) is 26.1. The maximum atomic E-state index is 13.1. The molecule has 440 valence electrons. The zero-order valence-electron chi connectivity index (χ0n) is 47.0. The van der Waals surface area contributed by atoms with Crippen LogP contribution in [0.15, 0.2) is 121 Å². The van der Waals surface area contributed by atoms with E-state index in [1.54, 1.807) is 0 Å². The summed E-state index contributed by atoms with van der Waals surface area (Å²) in [6.07, 6.45) is 8.54. The van der Waals surface area contributed by atoms with Crippen molar-refractivity contribution in [1.29, 1.82) is 0 Å². The molecule has 3 fully saturated rings. The molecule has 0 amide bonds. The van der Waals surface area contributed by atoms with Gasteiger partial charge < -0.3 is 23.3 Å². The van der Waals surface area contributed by atoms with Crippen LogP contribution in [0.1, 0.15) is 100 Å². The molecule has 0 radical (unpaired) electrons. The van der Waals surface area contributed by atoms with Crippen molar-refractivity contribution < 1.29 is 66.3 Å². The summed E-state index contributed by atoms with van der Waals surface area (Å²) >= 11 is 0. The number of thiophene rings is 2. The van der Waals surface area contributed by atoms with Gasteiger partial charge in [-0.1, -0.05) is 101 Å². The molecule has 8 aromatic rings. The fourth-order valence-electron chi connectivity index (χ4n) is 11.5. The third kappa shape index (κ3) is 13.8. The molecule has 11 rings (SSSR count). The molecule has 3 aliphatic rings. The van der Waals surface area contributed by atoms with Gasteiger partial charge in [-0.25, -0.2) is 21.6 Å². The minimum absolute atomic E-state index is 0.0350. The zero-order valence-corrected chi connectivity index (χ0v) is 51.1. The number of hydrogen-bond acceptors (Lipinski definition) is 13. The van der Waals surface area contributed by atoms with Crippen LogP contribution in [-0.2, 0) is 44.1 Å². The summed E-state index contributed by atoms with van der Waals surface area (Å²) in [5.41, 5.74) is 5.00. The third-order valence-electron chi connectivity index (χ3n) is 15.0. The smallest absolute Gasteiger partial charge is 0.428 e. The van der Waals surface area contributed by atoms with Gasteiger partial charge in [0.2, 0.25) is 0 Å². The van der Waals surface area contributed by atoms with Crippen LogP contribution in [0, 0.1) is 39.5 Å². The number of aryl methyl sites for hydroxylation is 4. The number of benzene rings is 6. The van der Waals surface area contributed by atoms with Crippen molar-refractivity contribution in [2.45, 2.75) is 128 Å². The van der Waals surface area contributed by atoms with Crippen molar-refractivity contribution in [1.82, 2.24) is 0 Å². The minimum Gasteiger partial charge on any atom is -0.748 e. The lowest BCUT2D eigenvalue weighted by Crippen LogP contribution is -2.45. The molecule has 1 aliphatic heterocycles. The van der Waals surface area contributed by atoms with Crippen LogP contribution in [-0.4, -0.2) is 82.5 Å². The van der Waals surface area contributed by atoms with E-state index in [4.69, 9.17) is 26.6 Å². The Hall–Kier alpha value is -5.58. The van der Waals surface area contributed by atoms with E-state index in [2.05, 4.69) is 168 Å². The third-order valence-corrected chi connectivity index (χ3v) is 22.2. The first kappa shape index (κ1) is 62.5. The Bertz CT molecular complexity index is 3610. The monoisotopic (exact) mass is 1220 g/mol. The molecule has 0 spiro atoms. The lowest BCUT2D eigenvalue weighted by atomic mass is 9.94. The average molecular weight is 1220 g/mol. The molecule has 6 aromatic carbocycles. The number of unbranched alkanes of at least 4 members (excludes halogenated alkanes) is 6. The molecule has 3 heterocycles. The second-order valence-corrected chi connectivity index (χ2v) is 29.8. The first-order valence-electron chi connectivity index (χ1n) is 27.6. The number of halogens is 2. The topological polar surface area (TPSA) is 203 Å². The van der Waals surface area contributed by atoms with E-state index in [1.165, 1.54) is 111 Å². The number of fused-ring (bicyclic) bond motifs is 7. The molecule has 1 saturated heterocycles. The van der Waals surface area contributed by atoms with Gasteiger partial charge >= 0.3 is 11.2 Å². The lowest BCUT2D eigenvalue weighted by Gasteiger charge is -2.27. The molecule has 13 nitrogen and oxygen atoms in total. The highest BCUT2D eigenvalue weighted by Crippen LogP contribution is 2.56. The Morgan fingerprint density at radius 2 is 0.963 bits per heavy atom. The summed E-state index contributed by atoms with van der Waals surface area (Å²) in [4.78, 5) is 14.0. The molecule has 0 N–H and O–H groups in total. The highest BCUT2D eigenvalue weighted by molar-refractivity contribution is 7.88. The Balaban J connectivity index is 0.000000156. The Labute approximate surface area is 485 Å². The highest BCUT2D eigenvalue weighted by Gasteiger charge is 2.66. The van der Waals surface area contributed by atoms with Crippen LogP contribution in [0.25, 0.3) is 50.1 Å². The number of alkyl halides is 2. The molecule has 20 heteroatoms. The number of rotatable bonds is 17. The van der Waals surface area contributed by atoms with Crippen LogP contribution in [0.3, 0.4) is 0 Å². The number of carbonyl (C=O) groups is 1. The lowest BCUT2D eigenvalue weighted by molar-refractivity contribution is -0.173. The molecule has 5 unspecified atom stereocenters. The van der Waals surface area contributed by atoms with E-state index in [1.807, 2.05) is 0 Å². The fraction of sp³-hybridized carbons (Fsp3) is 0.403. The Kier molecular flexibility index (Phi) is 19.9. The molecule has 5 atom stereocenters. The highest BCUT2D eigenvalue weighted by atomic mass is 32.2. The predicted molar refractivity (Wildman–Crippen MR) is 323 cm³/mol. The SMILES string of the molecule is CCCCCCOc1c(C)cc(-[s+]2c3ccccc3c3ccccc32)cc1C.CCCCCCOc1c(C)cc(-[s+]2c3ccccc3c3ccccc32)cc1C.CS(=O)(=O)[O-].O=C(OC1C2CC3C1OS(=O)(=O)C3C2)C(F)(F)S(=O)(=O)[O-]. The first-order chi connectivity index (χ1) is 38.9. The second-order valence-electron chi connectivity index (χ2n) is 21.2. The molecule has 82 heavy (non-hydrogen) atoms. The van der Waals surface area contributed by atoms with Crippen LogP contribution < -0.4 is 9.47 Å². The Morgan fingerprint density at radius 1 is 0.610 bits per heavy atom. The van der Waals surface area contributed by atoms with Gasteiger partial charge in [-0.05, 0) is 124 Å². The maximum Gasteiger partial charge on any atom is 0.428 e. The van der Waals surface area contributed by atoms with Gasteiger partial charge in [-0.15, -0.1) is 0 Å². The molecule has 2 aromatic heterocycles. The van der Waals surface area contributed by atoms with Crippen LogP contribution in [0.2, 0.25) is 0 Å². The van der Waals surface area contributed by atoms with Crippen molar-refractivity contribution in [2.75, 3.05) is 19.5 Å². The fourth-order valence-corrected chi connectivity index (χ4v) is 18.7. The van der Waals surface area contributed by atoms with Crippen molar-refractivity contribution >= 4 is 97.6 Å². The minimum atomic E-state index is -6.21. The molecule has 2 bridgehead atoms. The summed E-state index contributed by atoms with van der Waals surface area (Å²) < 4.78 is 135. The van der Waals surface area contributed by atoms with Gasteiger partial charge in [-0.3, -0.25) is 4.18 Å². The van der Waals surface area contributed by atoms with Gasteiger partial charge in [0.1, 0.15) is 23.7 Å². The normalized spacial score (nSPS) is 18.8. The number of ether oxygens (including phenoxy) is 3. The van der Waals surface area contributed by atoms with Crippen molar-refractivity contribution in [2.24, 2.45) is 11.8 Å². The number of hydrogen-bond donors (Lipinski definition) is 0. The predicted octanol–water partition coefficient (Wildman–Crippen LogP) is 14.9. The summed E-state index contributed by atoms with van der Waals surface area (Å²) in [5, 5.41) is -0.431. The number of esters is 1. The molecule has 2 aliphatic carbocycles. The first-order valence-corrected chi connectivity index (χ1v) is 34.7. The van der Waals surface area contributed by atoms with E-state index >= 15 is 0 Å². The van der Waals surface area contributed by atoms with Gasteiger partial charge in [0.15, 0.2) is 38.7 Å². The zero-order chi connectivity index (χ0) is 59.3. The summed E-state index contributed by atoms with van der Waals surface area (Å²) in [6.45, 7) is 14.9. The van der Waals surface area contributed by atoms with Crippen LogP contribution in [0.4, 0.5) is 8.78 Å². The van der Waals surface area contributed by atoms with E-state index in [9.17, 15) is 35.0 Å². The van der Waals surface area contributed by atoms with E-state index in [-0.39, 0.29) is 27.4 Å². The number of carbonyl (C=O) groups excluding carboxylic acids is 1. The van der Waals surface area contributed by atoms with Gasteiger partial charge in [-0.2, -0.15) is 17.2 Å². The summed E-state index contributed by atoms with van der Waals surface area (Å²) in [6, 6.07) is 44.8. The van der Waals surface area contributed by atoms with Crippen molar-refractivity contribution in [3.63, 3.8) is 0 Å². The van der Waals surface area contributed by atoms with E-state index < -0.39 is 70.9 Å². The van der Waals surface area contributed by atoms with Crippen molar-refractivity contribution in [3.8, 4) is 21.3 Å². The molecular weight excluding hydrogens is 1150 g/mol. The van der Waals surface area contributed by atoms with Crippen LogP contribution in [0.5, 0.6) is 11.5 Å².